The van der Waals surface area contributed by atoms with Crippen LogP contribution in [0.25, 0.3) is 0 Å². The molecule has 0 saturated carbocycles. The van der Waals surface area contributed by atoms with E-state index in [9.17, 15) is 4.79 Å². The molecule has 0 bridgehead atoms. The molecule has 23 heavy (non-hydrogen) atoms. The Morgan fingerprint density at radius 2 is 1.87 bits per heavy atom. The molecule has 0 saturated heterocycles. The first kappa shape index (κ1) is 14.7. The minimum atomic E-state index is -0.381. The first-order valence-corrected chi connectivity index (χ1v) is 7.08. The zero-order valence-corrected chi connectivity index (χ0v) is 12.6. The van der Waals surface area contributed by atoms with Gasteiger partial charge in [-0.15, -0.1) is 0 Å². The van der Waals surface area contributed by atoms with E-state index in [0.717, 1.165) is 17.9 Å². The second-order valence-corrected chi connectivity index (χ2v) is 5.04. The third-order valence-corrected chi connectivity index (χ3v) is 3.43. The summed E-state index contributed by atoms with van der Waals surface area (Å²) in [6.07, 6.45) is 6.58. The average molecular weight is 308 g/mol. The molecule has 0 aliphatic carbocycles. The number of benzene rings is 1. The summed E-state index contributed by atoms with van der Waals surface area (Å²) >= 11 is 0. The Morgan fingerprint density at radius 3 is 2.52 bits per heavy atom. The Bertz CT molecular complexity index is 825. The summed E-state index contributed by atoms with van der Waals surface area (Å²) in [5.74, 6) is 0.687. The molecule has 7 heteroatoms. The minimum Gasteiger partial charge on any atom is -0.382 e. The van der Waals surface area contributed by atoms with Gasteiger partial charge >= 0.3 is 0 Å². The second kappa shape index (κ2) is 6.27. The van der Waals surface area contributed by atoms with Crippen LogP contribution in [0.15, 0.2) is 49.1 Å². The summed E-state index contributed by atoms with van der Waals surface area (Å²) in [7, 11) is 0. The van der Waals surface area contributed by atoms with Crippen molar-refractivity contribution in [2.24, 2.45) is 0 Å². The molecule has 116 valence electrons. The summed E-state index contributed by atoms with van der Waals surface area (Å²) in [4.78, 5) is 24.1. The van der Waals surface area contributed by atoms with E-state index in [1.54, 1.807) is 6.20 Å². The SMILES string of the molecule is Cc1nccn1Cc1ccc(NC(=O)c2nccnc2N)cc1. The molecule has 2 heterocycles. The highest BCUT2D eigenvalue weighted by Crippen LogP contribution is 2.13. The standard InChI is InChI=1S/C16H16N6O/c1-11-18-8-9-22(11)10-12-2-4-13(5-3-12)21-16(23)14-15(17)20-7-6-19-14/h2-9H,10H2,1H3,(H2,17,20)(H,21,23). The molecule has 3 rings (SSSR count). The van der Waals surface area contributed by atoms with Crippen LogP contribution in [0.3, 0.4) is 0 Å². The topological polar surface area (TPSA) is 98.7 Å². The van der Waals surface area contributed by atoms with Gasteiger partial charge in [-0.3, -0.25) is 4.79 Å². The number of nitrogen functional groups attached to an aromatic ring is 1. The molecule has 2 aromatic heterocycles. The lowest BCUT2D eigenvalue weighted by Crippen LogP contribution is -2.16. The smallest absolute Gasteiger partial charge is 0.278 e. The minimum absolute atomic E-state index is 0.109. The molecule has 0 unspecified atom stereocenters. The van der Waals surface area contributed by atoms with E-state index in [1.807, 2.05) is 42.0 Å². The Morgan fingerprint density at radius 1 is 1.13 bits per heavy atom. The van der Waals surface area contributed by atoms with Gasteiger partial charge in [-0.25, -0.2) is 15.0 Å². The Labute approximate surface area is 133 Å². The molecular weight excluding hydrogens is 292 g/mol. The summed E-state index contributed by atoms with van der Waals surface area (Å²) in [6.45, 7) is 2.69. The van der Waals surface area contributed by atoms with E-state index >= 15 is 0 Å². The van der Waals surface area contributed by atoms with Crippen LogP contribution in [0, 0.1) is 6.92 Å². The van der Waals surface area contributed by atoms with E-state index < -0.39 is 0 Å². The summed E-state index contributed by atoms with van der Waals surface area (Å²) in [6, 6.07) is 7.59. The molecule has 3 aromatic rings. The lowest BCUT2D eigenvalue weighted by Gasteiger charge is -2.08. The number of carbonyl (C=O) groups excluding carboxylic acids is 1. The molecule has 1 amide bonds. The zero-order valence-electron chi connectivity index (χ0n) is 12.6. The lowest BCUT2D eigenvalue weighted by molar-refractivity contribution is 0.102. The number of hydrogen-bond donors (Lipinski definition) is 2. The van der Waals surface area contributed by atoms with Crippen molar-refractivity contribution in [1.29, 1.82) is 0 Å². The zero-order chi connectivity index (χ0) is 16.2. The molecule has 0 fully saturated rings. The Kier molecular flexibility index (Phi) is 4.01. The number of aryl methyl sites for hydroxylation is 1. The number of amides is 1. The number of rotatable bonds is 4. The molecular formula is C16H16N6O. The molecule has 0 atom stereocenters. The number of aromatic nitrogens is 4. The van der Waals surface area contributed by atoms with Crippen LogP contribution in [0.1, 0.15) is 21.9 Å². The molecule has 0 spiro atoms. The summed E-state index contributed by atoms with van der Waals surface area (Å²) in [5, 5.41) is 2.76. The fourth-order valence-corrected chi connectivity index (χ4v) is 2.18. The Balaban J connectivity index is 1.69. The maximum Gasteiger partial charge on any atom is 0.278 e. The van der Waals surface area contributed by atoms with Crippen LogP contribution < -0.4 is 11.1 Å². The highest BCUT2D eigenvalue weighted by Gasteiger charge is 2.12. The van der Waals surface area contributed by atoms with Crippen molar-refractivity contribution >= 4 is 17.4 Å². The van der Waals surface area contributed by atoms with Crippen molar-refractivity contribution in [3.63, 3.8) is 0 Å². The van der Waals surface area contributed by atoms with E-state index in [-0.39, 0.29) is 17.4 Å². The lowest BCUT2D eigenvalue weighted by atomic mass is 10.2. The van der Waals surface area contributed by atoms with E-state index in [4.69, 9.17) is 5.73 Å². The molecule has 0 aliphatic heterocycles. The van der Waals surface area contributed by atoms with Crippen LogP contribution in [0.2, 0.25) is 0 Å². The number of hydrogen-bond acceptors (Lipinski definition) is 5. The van der Waals surface area contributed by atoms with Crippen LogP contribution in [-0.4, -0.2) is 25.4 Å². The average Bonchev–Trinajstić information content (AvgIpc) is 2.95. The maximum atomic E-state index is 12.1. The Hall–Kier alpha value is -3.22. The quantitative estimate of drug-likeness (QED) is 0.766. The molecule has 0 radical (unpaired) electrons. The van der Waals surface area contributed by atoms with Gasteiger partial charge in [-0.05, 0) is 24.6 Å². The number of nitrogens with two attached hydrogens (primary N) is 1. The van der Waals surface area contributed by atoms with E-state index in [1.165, 1.54) is 12.4 Å². The molecule has 3 N–H and O–H groups in total. The fraction of sp³-hybridized carbons (Fsp3) is 0.125. The van der Waals surface area contributed by atoms with Crippen LogP contribution >= 0.6 is 0 Å². The highest BCUT2D eigenvalue weighted by atomic mass is 16.1. The number of carbonyl (C=O) groups is 1. The number of nitrogens with one attached hydrogen (secondary N) is 1. The first-order chi connectivity index (χ1) is 11.1. The fourth-order valence-electron chi connectivity index (χ4n) is 2.18. The summed E-state index contributed by atoms with van der Waals surface area (Å²) < 4.78 is 2.05. The van der Waals surface area contributed by atoms with Crippen LogP contribution in [0.4, 0.5) is 11.5 Å². The first-order valence-electron chi connectivity index (χ1n) is 7.08. The van der Waals surface area contributed by atoms with Crippen LogP contribution in [0.5, 0.6) is 0 Å². The van der Waals surface area contributed by atoms with Gasteiger partial charge in [0.05, 0.1) is 0 Å². The largest absolute Gasteiger partial charge is 0.382 e. The molecule has 7 nitrogen and oxygen atoms in total. The third-order valence-electron chi connectivity index (χ3n) is 3.43. The number of imidazole rings is 1. The van der Waals surface area contributed by atoms with Gasteiger partial charge in [-0.1, -0.05) is 12.1 Å². The predicted molar refractivity (Wildman–Crippen MR) is 86.9 cm³/mol. The van der Waals surface area contributed by atoms with Gasteiger partial charge in [0.15, 0.2) is 11.5 Å². The van der Waals surface area contributed by atoms with Crippen molar-refractivity contribution in [3.8, 4) is 0 Å². The predicted octanol–water partition coefficient (Wildman–Crippen LogP) is 1.86. The third kappa shape index (κ3) is 3.34. The van der Waals surface area contributed by atoms with Gasteiger partial charge in [0.2, 0.25) is 0 Å². The highest BCUT2D eigenvalue weighted by molar-refractivity contribution is 6.05. The van der Waals surface area contributed by atoms with Gasteiger partial charge < -0.3 is 15.6 Å². The second-order valence-electron chi connectivity index (χ2n) is 5.04. The van der Waals surface area contributed by atoms with Gasteiger partial charge in [0.25, 0.3) is 5.91 Å². The van der Waals surface area contributed by atoms with Crippen molar-refractivity contribution in [3.05, 3.63) is 66.1 Å². The number of anilines is 2. The monoisotopic (exact) mass is 308 g/mol. The van der Waals surface area contributed by atoms with Crippen molar-refractivity contribution in [2.75, 3.05) is 11.1 Å². The molecule has 0 aliphatic rings. The maximum absolute atomic E-state index is 12.1. The van der Waals surface area contributed by atoms with Crippen molar-refractivity contribution in [2.45, 2.75) is 13.5 Å². The summed E-state index contributed by atoms with van der Waals surface area (Å²) in [5.41, 5.74) is 7.55. The van der Waals surface area contributed by atoms with Gasteiger partial charge in [-0.2, -0.15) is 0 Å². The van der Waals surface area contributed by atoms with Gasteiger partial charge in [0, 0.05) is 37.0 Å². The van der Waals surface area contributed by atoms with Gasteiger partial charge in [0.1, 0.15) is 5.82 Å². The van der Waals surface area contributed by atoms with Crippen LogP contribution in [-0.2, 0) is 6.54 Å². The van der Waals surface area contributed by atoms with Crippen molar-refractivity contribution in [1.82, 2.24) is 19.5 Å². The normalized spacial score (nSPS) is 10.5. The van der Waals surface area contributed by atoms with E-state index in [0.29, 0.717) is 5.69 Å². The van der Waals surface area contributed by atoms with Crippen molar-refractivity contribution < 1.29 is 4.79 Å². The number of nitrogens with zero attached hydrogens (tertiary/aromatic N) is 4. The molecule has 1 aromatic carbocycles. The van der Waals surface area contributed by atoms with E-state index in [2.05, 4.69) is 20.3 Å².